The Kier molecular flexibility index (Phi) is 4.70. The van der Waals surface area contributed by atoms with Crippen LogP contribution >= 0.6 is 11.8 Å². The Morgan fingerprint density at radius 3 is 2.72 bits per heavy atom. The van der Waals surface area contributed by atoms with E-state index in [4.69, 9.17) is 0 Å². The fourth-order valence-electron chi connectivity index (χ4n) is 2.45. The molecule has 1 atom stereocenters. The molecule has 0 radical (unpaired) electrons. The van der Waals surface area contributed by atoms with Crippen molar-refractivity contribution >= 4 is 17.7 Å². The molecule has 0 aliphatic carbocycles. The molecule has 2 nitrogen and oxygen atoms in total. The van der Waals surface area contributed by atoms with Crippen LogP contribution in [0.15, 0.2) is 29.2 Å². The molecule has 1 aliphatic heterocycles. The van der Waals surface area contributed by atoms with Gasteiger partial charge in [-0.1, -0.05) is 19.1 Å². The van der Waals surface area contributed by atoms with Gasteiger partial charge in [-0.2, -0.15) is 0 Å². The molecule has 1 unspecified atom stereocenters. The Labute approximate surface area is 114 Å². The van der Waals surface area contributed by atoms with Crippen LogP contribution in [0.25, 0.3) is 0 Å². The van der Waals surface area contributed by atoms with E-state index >= 15 is 0 Å². The summed E-state index contributed by atoms with van der Waals surface area (Å²) in [6.07, 6.45) is 5.02. The van der Waals surface area contributed by atoms with Gasteiger partial charge in [0.25, 0.3) is 0 Å². The molecule has 1 aliphatic rings. The fourth-order valence-corrected chi connectivity index (χ4v) is 2.85. The second-order valence-corrected chi connectivity index (χ2v) is 5.99. The summed E-state index contributed by atoms with van der Waals surface area (Å²) in [6, 6.07) is 8.31. The molecule has 1 saturated heterocycles. The van der Waals surface area contributed by atoms with Crippen molar-refractivity contribution in [3.8, 4) is 0 Å². The minimum absolute atomic E-state index is 0.276. The Bertz CT molecular complexity index is 401. The molecule has 1 fully saturated rings. The van der Waals surface area contributed by atoms with Gasteiger partial charge in [0.05, 0.1) is 6.42 Å². The van der Waals surface area contributed by atoms with Gasteiger partial charge < -0.3 is 4.90 Å². The summed E-state index contributed by atoms with van der Waals surface area (Å²) in [5, 5.41) is 0. The third-order valence-electron chi connectivity index (χ3n) is 3.52. The van der Waals surface area contributed by atoms with Gasteiger partial charge in [-0.05, 0) is 42.7 Å². The van der Waals surface area contributed by atoms with Gasteiger partial charge in [-0.25, -0.2) is 0 Å². The molecule has 0 N–H and O–H groups in total. The van der Waals surface area contributed by atoms with Crippen LogP contribution in [0.1, 0.15) is 25.3 Å². The van der Waals surface area contributed by atoms with E-state index in [9.17, 15) is 4.79 Å². The molecular formula is C15H21NOS. The zero-order chi connectivity index (χ0) is 13.0. The normalized spacial score (nSPS) is 19.9. The van der Waals surface area contributed by atoms with E-state index in [1.807, 2.05) is 4.90 Å². The van der Waals surface area contributed by atoms with E-state index < -0.39 is 0 Å². The third-order valence-corrected chi connectivity index (χ3v) is 4.27. The predicted molar refractivity (Wildman–Crippen MR) is 76.9 cm³/mol. The molecule has 0 saturated carbocycles. The number of carbonyl (C=O) groups is 1. The quantitative estimate of drug-likeness (QED) is 0.781. The van der Waals surface area contributed by atoms with Crippen LogP contribution in [0.4, 0.5) is 0 Å². The van der Waals surface area contributed by atoms with E-state index in [2.05, 4.69) is 37.4 Å². The van der Waals surface area contributed by atoms with Crippen molar-refractivity contribution in [2.45, 2.75) is 31.1 Å². The first-order chi connectivity index (χ1) is 8.69. The second kappa shape index (κ2) is 6.28. The molecule has 1 aromatic carbocycles. The lowest BCUT2D eigenvalue weighted by Gasteiger charge is -2.31. The lowest BCUT2D eigenvalue weighted by molar-refractivity contribution is -0.132. The van der Waals surface area contributed by atoms with Gasteiger partial charge >= 0.3 is 0 Å². The summed E-state index contributed by atoms with van der Waals surface area (Å²) in [6.45, 7) is 4.10. The van der Waals surface area contributed by atoms with Crippen molar-refractivity contribution in [2.75, 3.05) is 19.3 Å². The number of thioether (sulfide) groups is 1. The number of amides is 1. The van der Waals surface area contributed by atoms with Crippen molar-refractivity contribution in [1.82, 2.24) is 4.90 Å². The van der Waals surface area contributed by atoms with Crippen molar-refractivity contribution in [3.05, 3.63) is 29.8 Å². The molecule has 1 heterocycles. The molecular weight excluding hydrogens is 242 g/mol. The second-order valence-electron chi connectivity index (χ2n) is 5.11. The number of carbonyl (C=O) groups excluding carboxylic acids is 1. The van der Waals surface area contributed by atoms with Crippen LogP contribution in [-0.2, 0) is 11.2 Å². The summed E-state index contributed by atoms with van der Waals surface area (Å²) in [4.78, 5) is 15.5. The molecule has 2 rings (SSSR count). The number of rotatable bonds is 3. The SMILES string of the molecule is CSc1ccc(CC(=O)N2CCCC(C)C2)cc1. The summed E-state index contributed by atoms with van der Waals surface area (Å²) >= 11 is 1.73. The number of benzene rings is 1. The van der Waals surface area contributed by atoms with Gasteiger partial charge in [0.15, 0.2) is 0 Å². The predicted octanol–water partition coefficient (Wildman–Crippen LogP) is 3.21. The Hall–Kier alpha value is -0.960. The molecule has 18 heavy (non-hydrogen) atoms. The summed E-state index contributed by atoms with van der Waals surface area (Å²) in [5.41, 5.74) is 1.12. The van der Waals surface area contributed by atoms with E-state index in [-0.39, 0.29) is 5.91 Å². The maximum Gasteiger partial charge on any atom is 0.226 e. The maximum absolute atomic E-state index is 12.2. The summed E-state index contributed by atoms with van der Waals surface area (Å²) in [7, 11) is 0. The molecule has 0 spiro atoms. The van der Waals surface area contributed by atoms with Crippen LogP contribution in [0, 0.1) is 5.92 Å². The van der Waals surface area contributed by atoms with Gasteiger partial charge in [-0.3, -0.25) is 4.79 Å². The minimum atomic E-state index is 0.276. The van der Waals surface area contributed by atoms with E-state index in [1.54, 1.807) is 11.8 Å². The maximum atomic E-state index is 12.2. The largest absolute Gasteiger partial charge is 0.342 e. The Balaban J connectivity index is 1.93. The van der Waals surface area contributed by atoms with Crippen molar-refractivity contribution < 1.29 is 4.79 Å². The van der Waals surface area contributed by atoms with E-state index in [0.717, 1.165) is 25.1 Å². The first-order valence-electron chi connectivity index (χ1n) is 6.59. The Morgan fingerprint density at radius 1 is 1.39 bits per heavy atom. The lowest BCUT2D eigenvalue weighted by atomic mass is 9.99. The average molecular weight is 263 g/mol. The lowest BCUT2D eigenvalue weighted by Crippen LogP contribution is -2.39. The van der Waals surface area contributed by atoms with E-state index in [0.29, 0.717) is 12.3 Å². The number of piperidine rings is 1. The van der Waals surface area contributed by atoms with Gasteiger partial charge in [0.2, 0.25) is 5.91 Å². The summed E-state index contributed by atoms with van der Waals surface area (Å²) < 4.78 is 0. The number of hydrogen-bond donors (Lipinski definition) is 0. The Morgan fingerprint density at radius 2 is 2.11 bits per heavy atom. The molecule has 1 amide bonds. The highest BCUT2D eigenvalue weighted by Crippen LogP contribution is 2.18. The van der Waals surface area contributed by atoms with E-state index in [1.165, 1.54) is 11.3 Å². The van der Waals surface area contributed by atoms with Gasteiger partial charge in [-0.15, -0.1) is 11.8 Å². The van der Waals surface area contributed by atoms with Crippen LogP contribution in [-0.4, -0.2) is 30.2 Å². The number of likely N-dealkylation sites (tertiary alicyclic amines) is 1. The van der Waals surface area contributed by atoms with Crippen molar-refractivity contribution in [1.29, 1.82) is 0 Å². The zero-order valence-corrected chi connectivity index (χ0v) is 12.0. The van der Waals surface area contributed by atoms with Gasteiger partial charge in [0.1, 0.15) is 0 Å². The summed E-state index contributed by atoms with van der Waals surface area (Å²) in [5.74, 6) is 0.931. The topological polar surface area (TPSA) is 20.3 Å². The highest BCUT2D eigenvalue weighted by Gasteiger charge is 2.20. The average Bonchev–Trinajstić information content (AvgIpc) is 2.39. The number of nitrogens with zero attached hydrogens (tertiary/aromatic N) is 1. The fraction of sp³-hybridized carbons (Fsp3) is 0.533. The molecule has 3 heteroatoms. The minimum Gasteiger partial charge on any atom is -0.342 e. The van der Waals surface area contributed by atoms with Crippen molar-refractivity contribution in [3.63, 3.8) is 0 Å². The molecule has 98 valence electrons. The molecule has 1 aromatic rings. The highest BCUT2D eigenvalue weighted by atomic mass is 32.2. The first-order valence-corrected chi connectivity index (χ1v) is 7.82. The number of hydrogen-bond acceptors (Lipinski definition) is 2. The highest BCUT2D eigenvalue weighted by molar-refractivity contribution is 7.98. The van der Waals surface area contributed by atoms with Gasteiger partial charge in [0, 0.05) is 18.0 Å². The van der Waals surface area contributed by atoms with Crippen LogP contribution in [0.3, 0.4) is 0 Å². The van der Waals surface area contributed by atoms with Crippen molar-refractivity contribution in [2.24, 2.45) is 5.92 Å². The monoisotopic (exact) mass is 263 g/mol. The van der Waals surface area contributed by atoms with Crippen LogP contribution in [0.2, 0.25) is 0 Å². The smallest absolute Gasteiger partial charge is 0.226 e. The third kappa shape index (κ3) is 3.52. The molecule has 0 bridgehead atoms. The zero-order valence-electron chi connectivity index (χ0n) is 11.2. The standard InChI is InChI=1S/C15H21NOS/c1-12-4-3-9-16(11-12)15(17)10-13-5-7-14(18-2)8-6-13/h5-8,12H,3-4,9-11H2,1-2H3. The molecule has 0 aromatic heterocycles. The van der Waals surface area contributed by atoms with Crippen LogP contribution < -0.4 is 0 Å². The first kappa shape index (κ1) is 13.5. The van der Waals surface area contributed by atoms with Crippen LogP contribution in [0.5, 0.6) is 0 Å².